The van der Waals surface area contributed by atoms with Crippen molar-refractivity contribution in [2.45, 2.75) is 119 Å². The summed E-state index contributed by atoms with van der Waals surface area (Å²) in [5, 5.41) is 82.7. The summed E-state index contributed by atoms with van der Waals surface area (Å²) in [5.74, 6) is -2.45. The standard InChI is InChI=1S/C41H29NO5.C11H21NO5.C2H6/c43-38-39(44)41(6-5-40(38,45)15-47-41)46-8-7-42-36-18-3-4-19-12-23-14-21-10-17-2-1-16-9-20-13-22(11-18)28-26(20)30-24(16)25(17)31-27(21)29(23)35(37(19)42)33(32(30)31)34(28)36;1-12(2)5-6-16-11-4-3-10(15,7-17-11)8(13)9(11)14;1-2/h1-2,9-12,38-39,43-45H,3-8,13-15H2;8-9,13-15H,3-7H2,1-2H3;1-2H3. The summed E-state index contributed by atoms with van der Waals surface area (Å²) < 4.78 is 26.1. The van der Waals surface area contributed by atoms with Crippen molar-refractivity contribution in [1.29, 1.82) is 0 Å². The largest absolute Gasteiger partial charge is 0.387 e. The second-order valence-electron chi connectivity index (χ2n) is 20.9. The number of aryl methyl sites for hydroxylation is 2. The number of benzene rings is 7. The maximum Gasteiger partial charge on any atom is 0.197 e. The van der Waals surface area contributed by atoms with E-state index < -0.39 is 47.2 Å². The highest BCUT2D eigenvalue weighted by atomic mass is 16.7. The van der Waals surface area contributed by atoms with Crippen molar-refractivity contribution < 1.29 is 49.6 Å². The van der Waals surface area contributed by atoms with Gasteiger partial charge in [-0.1, -0.05) is 50.2 Å². The number of hydrogen-bond donors (Lipinski definition) is 6. The molecule has 8 aromatic carbocycles. The molecule has 0 spiro atoms. The number of aliphatic hydroxyl groups excluding tert-OH is 4. The molecule has 6 bridgehead atoms. The Morgan fingerprint density at radius 3 is 1.42 bits per heavy atom. The smallest absolute Gasteiger partial charge is 0.197 e. The number of hydrogen-bond acceptors (Lipinski definition) is 11. The fourth-order valence-electron chi connectivity index (χ4n) is 14.2. The van der Waals surface area contributed by atoms with Gasteiger partial charge in [0.25, 0.3) is 0 Å². The normalized spacial score (nSPS) is 31.5. The average Bonchev–Trinajstić information content (AvgIpc) is 3.97. The molecule has 18 rings (SSSR count). The Hall–Kier alpha value is -4.28. The minimum absolute atomic E-state index is 0.00713. The van der Waals surface area contributed by atoms with Crippen LogP contribution in [0.4, 0.5) is 0 Å². The van der Waals surface area contributed by atoms with Gasteiger partial charge in [-0.3, -0.25) is 0 Å². The van der Waals surface area contributed by atoms with Gasteiger partial charge in [0.2, 0.25) is 0 Å². The lowest BCUT2D eigenvalue weighted by molar-refractivity contribution is -0.390. The third-order valence-corrected chi connectivity index (χ3v) is 17.3. The summed E-state index contributed by atoms with van der Waals surface area (Å²) in [6.07, 6.45) is 0.479. The average molecular weight is 893 g/mol. The van der Waals surface area contributed by atoms with Crippen molar-refractivity contribution in [2.75, 3.05) is 47.1 Å². The first kappa shape index (κ1) is 40.8. The molecule has 6 heterocycles. The Kier molecular flexibility index (Phi) is 8.20. The third kappa shape index (κ3) is 4.77. The van der Waals surface area contributed by atoms with Crippen LogP contribution in [-0.4, -0.2) is 134 Å². The molecular weight excluding hydrogens is 837 g/mol. The monoisotopic (exact) mass is 892 g/mol. The predicted molar refractivity (Wildman–Crippen MR) is 254 cm³/mol. The van der Waals surface area contributed by atoms with Crippen LogP contribution in [0.25, 0.3) is 86.4 Å². The van der Waals surface area contributed by atoms with E-state index in [9.17, 15) is 30.6 Å². The molecule has 1 aromatic heterocycles. The van der Waals surface area contributed by atoms with Gasteiger partial charge in [-0.05, 0) is 140 Å². The molecule has 8 unspecified atom stereocenters. The molecule has 66 heavy (non-hydrogen) atoms. The van der Waals surface area contributed by atoms with Gasteiger partial charge in [-0.2, -0.15) is 0 Å². The molecule has 8 atom stereocenters. The van der Waals surface area contributed by atoms with Crippen LogP contribution in [0.3, 0.4) is 0 Å². The highest BCUT2D eigenvalue weighted by Gasteiger charge is 2.63. The zero-order valence-electron chi connectivity index (χ0n) is 37.9. The molecule has 0 amide bonds. The van der Waals surface area contributed by atoms with Gasteiger partial charge in [0.1, 0.15) is 35.6 Å². The van der Waals surface area contributed by atoms with E-state index in [-0.39, 0.29) is 13.2 Å². The van der Waals surface area contributed by atoms with Crippen LogP contribution >= 0.6 is 0 Å². The number of fused-ring (bicyclic) bond motifs is 6. The minimum atomic E-state index is -1.41. The number of rotatable bonds is 8. The van der Waals surface area contributed by atoms with Gasteiger partial charge in [0.15, 0.2) is 11.6 Å². The summed E-state index contributed by atoms with van der Waals surface area (Å²) in [5.41, 5.74) is 8.65. The van der Waals surface area contributed by atoms with E-state index in [1.165, 1.54) is 120 Å². The molecule has 12 nitrogen and oxygen atoms in total. The summed E-state index contributed by atoms with van der Waals surface area (Å²) in [7, 11) is 3.85. The van der Waals surface area contributed by atoms with Crippen molar-refractivity contribution in [1.82, 2.24) is 9.47 Å². The molecule has 2 saturated carbocycles. The fourth-order valence-corrected chi connectivity index (χ4v) is 14.2. The first-order valence-corrected chi connectivity index (χ1v) is 24.2. The van der Waals surface area contributed by atoms with Crippen LogP contribution < -0.4 is 0 Å². The number of aromatic nitrogens is 1. The summed E-state index contributed by atoms with van der Waals surface area (Å²) >= 11 is 0. The van der Waals surface area contributed by atoms with Crippen LogP contribution in [0.2, 0.25) is 0 Å². The van der Waals surface area contributed by atoms with Crippen LogP contribution in [0.1, 0.15) is 72.9 Å². The Morgan fingerprint density at radius 2 is 0.970 bits per heavy atom. The lowest BCUT2D eigenvalue weighted by atomic mass is 9.74. The zero-order valence-corrected chi connectivity index (χ0v) is 37.9. The van der Waals surface area contributed by atoms with E-state index in [0.29, 0.717) is 52.0 Å². The third-order valence-electron chi connectivity index (χ3n) is 17.3. The lowest BCUT2D eigenvalue weighted by Gasteiger charge is -2.55. The number of ether oxygens (including phenoxy) is 4. The molecule has 9 aromatic rings. The van der Waals surface area contributed by atoms with Crippen molar-refractivity contribution in [3.05, 3.63) is 69.8 Å². The van der Waals surface area contributed by atoms with E-state index in [1.807, 2.05) is 32.8 Å². The minimum Gasteiger partial charge on any atom is -0.387 e. The maximum atomic E-state index is 11.0. The van der Waals surface area contributed by atoms with Crippen molar-refractivity contribution >= 4 is 86.4 Å². The lowest BCUT2D eigenvalue weighted by Crippen LogP contribution is -2.72. The molecule has 12 heteroatoms. The highest BCUT2D eigenvalue weighted by molar-refractivity contribution is 6.55. The van der Waals surface area contributed by atoms with Crippen LogP contribution in [0.15, 0.2) is 36.4 Å². The van der Waals surface area contributed by atoms with Crippen molar-refractivity contribution in [3.8, 4) is 0 Å². The van der Waals surface area contributed by atoms with Gasteiger partial charge in [-0.25, -0.2) is 0 Å². The Balaban J connectivity index is 0.000000186. The predicted octanol–water partition coefficient (Wildman–Crippen LogP) is 5.93. The SMILES string of the molecule is CC.CN(C)CCOC12CCC(O)(CO1)C(O)C2O.OC1C(O)C2(OCCn3c4c5cc6c7c8c(cc9ccc%10cc%11c%12c%13c(cc(c3c%13c(c3c8c9c%10c%123)c74)CC5)C%11)C6)CCC1(O)CO2. The highest BCUT2D eigenvalue weighted by Crippen LogP contribution is 2.61. The van der Waals surface area contributed by atoms with Crippen molar-refractivity contribution in [3.63, 3.8) is 0 Å². The summed E-state index contributed by atoms with van der Waals surface area (Å²) in [4.78, 5) is 1.96. The van der Waals surface area contributed by atoms with Gasteiger partial charge < -0.3 is 59.1 Å². The van der Waals surface area contributed by atoms with E-state index in [0.717, 1.165) is 25.7 Å². The van der Waals surface area contributed by atoms with E-state index in [1.54, 1.807) is 0 Å². The first-order chi connectivity index (χ1) is 31.8. The topological polar surface area (TPSA) is 166 Å². The molecule has 342 valence electrons. The second kappa shape index (κ2) is 13.3. The van der Waals surface area contributed by atoms with Crippen LogP contribution in [0.5, 0.6) is 0 Å². The fraction of sp³-hybridized carbons (Fsp3) is 0.481. The van der Waals surface area contributed by atoms with Crippen LogP contribution in [0, 0.1) is 0 Å². The molecule has 5 aliphatic heterocycles. The Bertz CT molecular complexity index is 3300. The maximum absolute atomic E-state index is 11.0. The number of pyridine rings is 1. The summed E-state index contributed by atoms with van der Waals surface area (Å²) in [6, 6.07) is 14.7. The van der Waals surface area contributed by atoms with Gasteiger partial charge in [-0.15, -0.1) is 0 Å². The molecular formula is C54H56N2O10. The number of aliphatic hydroxyl groups is 6. The van der Waals surface area contributed by atoms with Gasteiger partial charge >= 0.3 is 0 Å². The summed E-state index contributed by atoms with van der Waals surface area (Å²) in [6.45, 7) is 6.03. The molecule has 6 fully saturated rings. The number of likely N-dealkylation sites (N-methyl/N-ethyl adjacent to an activating group) is 1. The second-order valence-corrected chi connectivity index (χ2v) is 20.9. The Morgan fingerprint density at radius 1 is 0.545 bits per heavy atom. The molecule has 4 aliphatic carbocycles. The van der Waals surface area contributed by atoms with Crippen molar-refractivity contribution in [2.24, 2.45) is 0 Å². The van der Waals surface area contributed by atoms with E-state index in [2.05, 4.69) is 41.0 Å². The molecule has 9 aliphatic rings. The molecule has 6 N–H and O–H groups in total. The van der Waals surface area contributed by atoms with E-state index >= 15 is 0 Å². The van der Waals surface area contributed by atoms with Gasteiger partial charge in [0, 0.05) is 47.5 Å². The zero-order chi connectivity index (χ0) is 45.1. The first-order valence-electron chi connectivity index (χ1n) is 24.2. The molecule has 4 saturated heterocycles. The van der Waals surface area contributed by atoms with Gasteiger partial charge in [0.05, 0.1) is 37.5 Å². The Labute approximate surface area is 380 Å². The molecule has 0 radical (unpaired) electrons. The number of nitrogens with zero attached hydrogens (tertiary/aromatic N) is 2. The van der Waals surface area contributed by atoms with Crippen LogP contribution in [-0.2, 0) is 51.2 Å². The quantitative estimate of drug-likeness (QED) is 0.0792. The van der Waals surface area contributed by atoms with E-state index in [4.69, 9.17) is 18.9 Å².